The van der Waals surface area contributed by atoms with Crippen LogP contribution >= 0.6 is 11.6 Å². The molecule has 5 heterocycles. The second kappa shape index (κ2) is 14.1. The molecule has 0 bridgehead atoms. The van der Waals surface area contributed by atoms with Crippen molar-refractivity contribution in [3.8, 4) is 34.1 Å². The summed E-state index contributed by atoms with van der Waals surface area (Å²) < 4.78 is 17.6. The molecule has 264 valence electrons. The first-order valence-electron chi connectivity index (χ1n) is 17.8. The highest BCUT2D eigenvalue weighted by molar-refractivity contribution is 6.76. The molecule has 1 aromatic carbocycles. The van der Waals surface area contributed by atoms with E-state index in [1.54, 1.807) is 18.0 Å². The zero-order valence-electron chi connectivity index (χ0n) is 30.1. The second-order valence-electron chi connectivity index (χ2n) is 15.4. The number of likely N-dealkylation sites (tertiary alicyclic amines) is 1. The number of pyridine rings is 2. The van der Waals surface area contributed by atoms with E-state index in [1.807, 2.05) is 48.1 Å². The fraction of sp³-hybridized carbons (Fsp3) is 0.474. The van der Waals surface area contributed by atoms with E-state index in [-0.39, 0.29) is 5.56 Å². The first-order valence-corrected chi connectivity index (χ1v) is 21.9. The third-order valence-corrected chi connectivity index (χ3v) is 12.0. The van der Waals surface area contributed by atoms with Crippen molar-refractivity contribution < 1.29 is 9.47 Å². The summed E-state index contributed by atoms with van der Waals surface area (Å²) in [6.07, 6.45) is 8.34. The molecular formula is C38H48ClN7O3Si. The van der Waals surface area contributed by atoms with Crippen LogP contribution in [0.25, 0.3) is 39.2 Å². The van der Waals surface area contributed by atoms with Gasteiger partial charge in [0.2, 0.25) is 0 Å². The molecule has 10 nitrogen and oxygen atoms in total. The lowest BCUT2D eigenvalue weighted by atomic mass is 9.99. The lowest BCUT2D eigenvalue weighted by Crippen LogP contribution is -2.34. The molecule has 2 fully saturated rings. The van der Waals surface area contributed by atoms with Crippen molar-refractivity contribution in [1.82, 2.24) is 33.8 Å². The Labute approximate surface area is 300 Å². The molecule has 0 N–H and O–H groups in total. The Morgan fingerprint density at radius 2 is 1.88 bits per heavy atom. The fourth-order valence-corrected chi connectivity index (χ4v) is 8.13. The Morgan fingerprint density at radius 3 is 2.58 bits per heavy atom. The van der Waals surface area contributed by atoms with Crippen LogP contribution in [-0.2, 0) is 25.1 Å². The monoisotopic (exact) mass is 713 g/mol. The predicted octanol–water partition coefficient (Wildman–Crippen LogP) is 7.73. The summed E-state index contributed by atoms with van der Waals surface area (Å²) in [5.74, 6) is 2.92. The molecule has 1 saturated heterocycles. The van der Waals surface area contributed by atoms with Crippen molar-refractivity contribution in [2.75, 3.05) is 26.8 Å². The molecular weight excluding hydrogens is 666 g/mol. The predicted molar refractivity (Wildman–Crippen MR) is 202 cm³/mol. The maximum absolute atomic E-state index is 14.8. The molecule has 0 unspecified atom stereocenters. The van der Waals surface area contributed by atoms with Gasteiger partial charge in [-0.3, -0.25) is 14.3 Å². The fourth-order valence-electron chi connectivity index (χ4n) is 7.17. The zero-order chi connectivity index (χ0) is 35.2. The first-order chi connectivity index (χ1) is 24.0. The van der Waals surface area contributed by atoms with Gasteiger partial charge in [-0.05, 0) is 103 Å². The number of rotatable bonds is 12. The number of aryl methyl sites for hydroxylation is 1. The highest BCUT2D eigenvalue weighted by Crippen LogP contribution is 2.44. The van der Waals surface area contributed by atoms with Crippen LogP contribution in [-0.4, -0.2) is 68.7 Å². The number of hydrogen-bond donors (Lipinski definition) is 0. The molecule has 1 atom stereocenters. The van der Waals surface area contributed by atoms with Crippen LogP contribution < -0.4 is 10.3 Å². The number of hydrogen-bond acceptors (Lipinski definition) is 7. The van der Waals surface area contributed by atoms with E-state index in [0.717, 1.165) is 66.3 Å². The normalized spacial score (nSPS) is 17.1. The summed E-state index contributed by atoms with van der Waals surface area (Å²) in [4.78, 5) is 22.1. The Bertz CT molecular complexity index is 2080. The van der Waals surface area contributed by atoms with Gasteiger partial charge in [-0.15, -0.1) is 10.2 Å². The van der Waals surface area contributed by atoms with Crippen LogP contribution in [0.4, 0.5) is 0 Å². The van der Waals surface area contributed by atoms with Gasteiger partial charge in [-0.1, -0.05) is 38.2 Å². The molecule has 4 aromatic heterocycles. The summed E-state index contributed by atoms with van der Waals surface area (Å²) in [6.45, 7) is 13.4. The minimum Gasteiger partial charge on any atom is -0.497 e. The molecule has 0 amide bonds. The van der Waals surface area contributed by atoms with E-state index in [4.69, 9.17) is 26.1 Å². The number of aromatic nitrogens is 6. The van der Waals surface area contributed by atoms with Gasteiger partial charge < -0.3 is 18.6 Å². The first kappa shape index (κ1) is 34.7. The minimum atomic E-state index is -1.28. The van der Waals surface area contributed by atoms with Gasteiger partial charge in [0.25, 0.3) is 5.56 Å². The van der Waals surface area contributed by atoms with Gasteiger partial charge in [0.05, 0.1) is 7.11 Å². The van der Waals surface area contributed by atoms with Crippen LogP contribution in [0.5, 0.6) is 5.75 Å². The maximum Gasteiger partial charge on any atom is 0.280 e. The number of nitrogens with zero attached hydrogens (tertiary/aromatic N) is 7. The maximum atomic E-state index is 14.8. The smallest absolute Gasteiger partial charge is 0.280 e. The van der Waals surface area contributed by atoms with E-state index in [0.29, 0.717) is 53.2 Å². The summed E-state index contributed by atoms with van der Waals surface area (Å²) in [5.41, 5.74) is 5.38. The highest BCUT2D eigenvalue weighted by atomic mass is 35.5. The quantitative estimate of drug-likeness (QED) is 0.0742. The van der Waals surface area contributed by atoms with E-state index < -0.39 is 8.07 Å². The van der Waals surface area contributed by atoms with E-state index in [1.165, 1.54) is 18.4 Å². The molecule has 50 heavy (non-hydrogen) atoms. The Balaban J connectivity index is 1.36. The lowest BCUT2D eigenvalue weighted by Gasteiger charge is -2.31. The van der Waals surface area contributed by atoms with Crippen LogP contribution in [0.1, 0.15) is 49.8 Å². The molecule has 2 aliphatic rings. The van der Waals surface area contributed by atoms with Gasteiger partial charge >= 0.3 is 0 Å². The zero-order valence-corrected chi connectivity index (χ0v) is 31.8. The van der Waals surface area contributed by atoms with Crippen molar-refractivity contribution in [3.05, 3.63) is 75.7 Å². The number of ether oxygens (including phenoxy) is 2. The summed E-state index contributed by atoms with van der Waals surface area (Å²) >= 11 is 6.77. The van der Waals surface area contributed by atoms with Crippen LogP contribution in [0, 0.1) is 5.92 Å². The SMILES string of the molecule is COc1ccc(-c2cc(Cl)nc(-n3cc(C4CC4)c4cc(CN5CCC[C@H](C)C5)n(COCC[Si](C)(C)C)c4c3=O)c2)c(-c2nncn2C)c1. The molecule has 1 saturated carbocycles. The van der Waals surface area contributed by atoms with Gasteiger partial charge in [0.15, 0.2) is 5.82 Å². The largest absolute Gasteiger partial charge is 0.497 e. The molecule has 7 rings (SSSR count). The number of halogens is 1. The molecule has 0 radical (unpaired) electrons. The summed E-state index contributed by atoms with van der Waals surface area (Å²) in [5, 5.41) is 9.81. The Kier molecular flexibility index (Phi) is 9.77. The minimum absolute atomic E-state index is 0.125. The van der Waals surface area contributed by atoms with Gasteiger partial charge in [0, 0.05) is 57.7 Å². The second-order valence-corrected chi connectivity index (χ2v) is 21.4. The van der Waals surface area contributed by atoms with Crippen LogP contribution in [0.3, 0.4) is 0 Å². The van der Waals surface area contributed by atoms with Gasteiger partial charge in [-0.25, -0.2) is 4.98 Å². The van der Waals surface area contributed by atoms with Crippen LogP contribution in [0.15, 0.2) is 53.7 Å². The molecule has 12 heteroatoms. The van der Waals surface area contributed by atoms with E-state index in [9.17, 15) is 4.79 Å². The summed E-state index contributed by atoms with van der Waals surface area (Å²) in [6, 6.07) is 12.9. The third-order valence-electron chi connectivity index (χ3n) is 10.1. The van der Waals surface area contributed by atoms with Crippen molar-refractivity contribution in [1.29, 1.82) is 0 Å². The average molecular weight is 714 g/mol. The topological polar surface area (TPSA) is 92.2 Å². The number of fused-ring (bicyclic) bond motifs is 1. The standard InChI is InChI=1S/C38H48ClN7O3Si/c1-25-8-7-13-44(20-25)21-28-18-31-33(26-9-10-26)22-45(38(47)36(31)46(28)24-49-14-15-50(4,5)6)35-17-27(16-34(39)41-35)30-12-11-29(48-3)19-32(30)37-42-40-23-43(37)2/h11-12,16-19,22-23,25-26H,7-10,13-15,20-21,24H2,1-6H3/t25-/m0/s1. The highest BCUT2D eigenvalue weighted by Gasteiger charge is 2.30. The number of methoxy groups -OCH3 is 1. The Hall–Kier alpha value is -3.77. The van der Waals surface area contributed by atoms with Crippen molar-refractivity contribution in [2.45, 2.75) is 77.5 Å². The number of benzene rings is 1. The lowest BCUT2D eigenvalue weighted by molar-refractivity contribution is 0.0848. The number of piperidine rings is 1. The van der Waals surface area contributed by atoms with Crippen molar-refractivity contribution in [2.24, 2.45) is 13.0 Å². The average Bonchev–Trinajstić information content (AvgIpc) is 3.73. The third kappa shape index (κ3) is 7.32. The molecule has 1 aliphatic heterocycles. The van der Waals surface area contributed by atoms with Crippen molar-refractivity contribution in [3.63, 3.8) is 0 Å². The molecule has 0 spiro atoms. The molecule has 5 aromatic rings. The Morgan fingerprint density at radius 1 is 1.06 bits per heavy atom. The van der Waals surface area contributed by atoms with E-state index >= 15 is 0 Å². The van der Waals surface area contributed by atoms with Gasteiger partial charge in [0.1, 0.15) is 35.3 Å². The van der Waals surface area contributed by atoms with Crippen molar-refractivity contribution >= 4 is 30.6 Å². The van der Waals surface area contributed by atoms with E-state index in [2.05, 4.69) is 52.3 Å². The molecule has 1 aliphatic carbocycles. The van der Waals surface area contributed by atoms with Gasteiger partial charge in [-0.2, -0.15) is 0 Å². The van der Waals surface area contributed by atoms with Crippen LogP contribution in [0.2, 0.25) is 30.8 Å². The summed E-state index contributed by atoms with van der Waals surface area (Å²) in [7, 11) is 2.26.